The maximum Gasteiger partial charge on any atom is 0.274 e. The Labute approximate surface area is 148 Å². The van der Waals surface area contributed by atoms with Crippen LogP contribution >= 0.6 is 0 Å². The number of hydrogen-bond acceptors (Lipinski definition) is 5. The van der Waals surface area contributed by atoms with Crippen molar-refractivity contribution in [2.45, 2.75) is 20.3 Å². The second-order valence-electron chi connectivity index (χ2n) is 6.49. The predicted octanol–water partition coefficient (Wildman–Crippen LogP) is 2.48. The molecule has 0 aliphatic carbocycles. The first-order valence-corrected chi connectivity index (χ1v) is 8.75. The third-order valence-electron chi connectivity index (χ3n) is 4.67. The summed E-state index contributed by atoms with van der Waals surface area (Å²) in [6, 6.07) is 9.80. The van der Waals surface area contributed by atoms with Crippen LogP contribution in [0.3, 0.4) is 0 Å². The molecule has 1 N–H and O–H groups in total. The van der Waals surface area contributed by atoms with Crippen molar-refractivity contribution < 1.29 is 4.79 Å². The van der Waals surface area contributed by atoms with Crippen molar-refractivity contribution in [3.63, 3.8) is 0 Å². The highest BCUT2D eigenvalue weighted by Crippen LogP contribution is 2.24. The summed E-state index contributed by atoms with van der Waals surface area (Å²) in [7, 11) is 2.07. The number of nitrogens with zero attached hydrogens (tertiary/aromatic N) is 4. The van der Waals surface area contributed by atoms with Crippen molar-refractivity contribution in [2.75, 3.05) is 38.5 Å². The third-order valence-corrected chi connectivity index (χ3v) is 4.67. The number of hydrogen-bond donors (Lipinski definition) is 1. The van der Waals surface area contributed by atoms with Gasteiger partial charge in [0.2, 0.25) is 0 Å². The minimum Gasteiger partial charge on any atom is -0.338 e. The lowest BCUT2D eigenvalue weighted by molar-refractivity contribution is 0.0657. The van der Waals surface area contributed by atoms with E-state index in [1.807, 2.05) is 11.0 Å². The summed E-state index contributed by atoms with van der Waals surface area (Å²) in [5.74, 6) is 0.608. The summed E-state index contributed by atoms with van der Waals surface area (Å²) in [6.45, 7) is 7.46. The molecule has 0 bridgehead atoms. The molecule has 0 radical (unpaired) electrons. The number of likely N-dealkylation sites (N-methyl/N-ethyl adjacent to an activating group) is 1. The van der Waals surface area contributed by atoms with Crippen LogP contribution in [0.5, 0.6) is 0 Å². The molecule has 6 heteroatoms. The van der Waals surface area contributed by atoms with Gasteiger partial charge in [-0.05, 0) is 43.7 Å². The van der Waals surface area contributed by atoms with Crippen molar-refractivity contribution in [2.24, 2.45) is 0 Å². The number of aromatic nitrogens is 2. The largest absolute Gasteiger partial charge is 0.338 e. The first-order chi connectivity index (χ1) is 12.1. The second kappa shape index (κ2) is 7.61. The molecule has 3 rings (SSSR count). The molecule has 0 spiro atoms. The molecule has 1 aromatic heterocycles. The van der Waals surface area contributed by atoms with Crippen molar-refractivity contribution in [3.05, 3.63) is 47.2 Å². The zero-order valence-electron chi connectivity index (χ0n) is 15.1. The fourth-order valence-electron chi connectivity index (χ4n) is 3.01. The van der Waals surface area contributed by atoms with Crippen molar-refractivity contribution in [3.8, 4) is 0 Å². The second-order valence-corrected chi connectivity index (χ2v) is 6.49. The summed E-state index contributed by atoms with van der Waals surface area (Å²) >= 11 is 0. The Bertz CT molecular complexity index is 736. The van der Waals surface area contributed by atoms with Crippen LogP contribution < -0.4 is 5.32 Å². The van der Waals surface area contributed by atoms with E-state index in [0.29, 0.717) is 11.5 Å². The zero-order chi connectivity index (χ0) is 17.8. The lowest BCUT2D eigenvalue weighted by Gasteiger charge is -2.32. The number of rotatable bonds is 4. The van der Waals surface area contributed by atoms with E-state index >= 15 is 0 Å². The monoisotopic (exact) mass is 339 g/mol. The summed E-state index contributed by atoms with van der Waals surface area (Å²) in [5, 5.41) is 11.7. The van der Waals surface area contributed by atoms with Gasteiger partial charge in [-0.25, -0.2) is 0 Å². The minimum atomic E-state index is -0.0442. The van der Waals surface area contributed by atoms with E-state index in [0.717, 1.165) is 38.3 Å². The Hall–Kier alpha value is -2.47. The maximum absolute atomic E-state index is 12.5. The number of para-hydroxylation sites is 1. The fraction of sp³-hybridized carbons (Fsp3) is 0.421. The van der Waals surface area contributed by atoms with Gasteiger partial charge in [0, 0.05) is 31.9 Å². The summed E-state index contributed by atoms with van der Waals surface area (Å²) in [6.07, 6.45) is 0.942. The number of piperazine rings is 1. The summed E-state index contributed by atoms with van der Waals surface area (Å²) < 4.78 is 0. The Morgan fingerprint density at radius 2 is 1.88 bits per heavy atom. The average molecular weight is 339 g/mol. The van der Waals surface area contributed by atoms with E-state index < -0.39 is 0 Å². The molecule has 1 amide bonds. The number of nitrogens with one attached hydrogen (secondary N) is 1. The Balaban J connectivity index is 1.72. The molecule has 0 atom stereocenters. The van der Waals surface area contributed by atoms with Crippen molar-refractivity contribution in [1.82, 2.24) is 20.0 Å². The smallest absolute Gasteiger partial charge is 0.274 e. The molecular formula is C19H25N5O. The van der Waals surface area contributed by atoms with Crippen molar-refractivity contribution in [1.29, 1.82) is 0 Å². The Morgan fingerprint density at radius 3 is 2.52 bits per heavy atom. The lowest BCUT2D eigenvalue weighted by Crippen LogP contribution is -2.47. The van der Waals surface area contributed by atoms with Crippen LogP contribution in [0.2, 0.25) is 0 Å². The van der Waals surface area contributed by atoms with Gasteiger partial charge in [-0.2, -0.15) is 0 Å². The van der Waals surface area contributed by atoms with Crippen LogP contribution in [0.1, 0.15) is 28.5 Å². The fourth-order valence-corrected chi connectivity index (χ4v) is 3.01. The number of carbonyl (C=O) groups excluding carboxylic acids is 1. The normalized spacial score (nSPS) is 15.2. The molecule has 1 aliphatic heterocycles. The van der Waals surface area contributed by atoms with Gasteiger partial charge in [-0.1, -0.05) is 25.1 Å². The predicted molar refractivity (Wildman–Crippen MR) is 99.3 cm³/mol. The molecule has 6 nitrogen and oxygen atoms in total. The van der Waals surface area contributed by atoms with Gasteiger partial charge in [0.05, 0.1) is 0 Å². The van der Waals surface area contributed by atoms with Crippen LogP contribution in [0.25, 0.3) is 0 Å². The van der Waals surface area contributed by atoms with E-state index in [2.05, 4.69) is 59.5 Å². The number of anilines is 2. The molecule has 2 aromatic rings. The van der Waals surface area contributed by atoms with E-state index in [1.165, 1.54) is 11.1 Å². The zero-order valence-corrected chi connectivity index (χ0v) is 15.1. The van der Waals surface area contributed by atoms with Gasteiger partial charge >= 0.3 is 0 Å². The maximum atomic E-state index is 12.5. The van der Waals surface area contributed by atoms with Crippen LogP contribution in [0, 0.1) is 6.92 Å². The van der Waals surface area contributed by atoms with Crippen LogP contribution in [-0.2, 0) is 6.42 Å². The van der Waals surface area contributed by atoms with E-state index in [-0.39, 0.29) is 5.91 Å². The van der Waals surface area contributed by atoms with E-state index in [4.69, 9.17) is 0 Å². The summed E-state index contributed by atoms with van der Waals surface area (Å²) in [4.78, 5) is 16.6. The standard InChI is InChI=1S/C19H25N5O/c1-4-15-7-5-6-14(2)18(15)20-17-9-8-16(21-22-17)19(25)24-12-10-23(3)11-13-24/h5-9H,4,10-13H2,1-3H3,(H,20,22). The highest BCUT2D eigenvalue weighted by molar-refractivity contribution is 5.92. The number of amides is 1. The molecule has 132 valence electrons. The van der Waals surface area contributed by atoms with Gasteiger partial charge in [0.15, 0.2) is 11.5 Å². The average Bonchev–Trinajstić information content (AvgIpc) is 2.64. The molecule has 1 fully saturated rings. The number of aryl methyl sites for hydroxylation is 2. The van der Waals surface area contributed by atoms with E-state index in [9.17, 15) is 4.79 Å². The topological polar surface area (TPSA) is 61.4 Å². The van der Waals surface area contributed by atoms with Gasteiger partial charge in [-0.3, -0.25) is 4.79 Å². The van der Waals surface area contributed by atoms with Gasteiger partial charge in [-0.15, -0.1) is 10.2 Å². The highest BCUT2D eigenvalue weighted by atomic mass is 16.2. The number of carbonyl (C=O) groups is 1. The van der Waals surface area contributed by atoms with Crippen LogP contribution in [0.4, 0.5) is 11.5 Å². The van der Waals surface area contributed by atoms with Gasteiger partial charge < -0.3 is 15.1 Å². The SMILES string of the molecule is CCc1cccc(C)c1Nc1ccc(C(=O)N2CCN(C)CC2)nn1. The molecule has 1 aromatic carbocycles. The molecule has 0 unspecified atom stereocenters. The molecule has 1 aliphatic rings. The lowest BCUT2D eigenvalue weighted by atomic mass is 10.1. The minimum absolute atomic E-state index is 0.0442. The molecular weight excluding hydrogens is 314 g/mol. The Morgan fingerprint density at radius 1 is 1.12 bits per heavy atom. The molecule has 0 saturated carbocycles. The van der Waals surface area contributed by atoms with Crippen LogP contribution in [0.15, 0.2) is 30.3 Å². The molecule has 1 saturated heterocycles. The van der Waals surface area contributed by atoms with Gasteiger partial charge in [0.25, 0.3) is 5.91 Å². The summed E-state index contributed by atoms with van der Waals surface area (Å²) in [5.41, 5.74) is 3.87. The first-order valence-electron chi connectivity index (χ1n) is 8.75. The quantitative estimate of drug-likeness (QED) is 0.927. The van der Waals surface area contributed by atoms with Crippen LogP contribution in [-0.4, -0.2) is 59.1 Å². The van der Waals surface area contributed by atoms with Gasteiger partial charge in [0.1, 0.15) is 0 Å². The van der Waals surface area contributed by atoms with E-state index in [1.54, 1.807) is 6.07 Å². The third kappa shape index (κ3) is 3.96. The van der Waals surface area contributed by atoms with Crippen molar-refractivity contribution >= 4 is 17.4 Å². The first kappa shape index (κ1) is 17.4. The number of benzene rings is 1. The molecule has 2 heterocycles. The Kier molecular flexibility index (Phi) is 5.28. The molecule has 25 heavy (non-hydrogen) atoms. The highest BCUT2D eigenvalue weighted by Gasteiger charge is 2.21.